The summed E-state index contributed by atoms with van der Waals surface area (Å²) in [6.07, 6.45) is -4.04. The first kappa shape index (κ1) is 20.9. The third kappa shape index (κ3) is 3.06. The number of alkyl halides is 2. The number of carboxylic acids is 1. The van der Waals surface area contributed by atoms with E-state index in [9.17, 15) is 31.6 Å². The van der Waals surface area contributed by atoms with E-state index < -0.39 is 81.2 Å². The van der Waals surface area contributed by atoms with Gasteiger partial charge in [-0.15, -0.1) is 0 Å². The fourth-order valence-corrected chi connectivity index (χ4v) is 6.66. The Morgan fingerprint density at radius 1 is 1.21 bits per heavy atom. The quantitative estimate of drug-likeness (QED) is 0.478. The predicted molar refractivity (Wildman–Crippen MR) is 85.5 cm³/mol. The maximum atomic E-state index is 14.0. The molecule has 1 N–H and O–H groups in total. The van der Waals surface area contributed by atoms with E-state index in [1.54, 1.807) is 0 Å². The van der Waals surface area contributed by atoms with Gasteiger partial charge in [-0.2, -0.15) is 17.2 Å². The molecule has 0 amide bonds. The largest absolute Gasteiger partial charge is 0.477 e. The van der Waals surface area contributed by atoms with Crippen molar-refractivity contribution in [1.82, 2.24) is 0 Å². The lowest BCUT2D eigenvalue weighted by atomic mass is 9.84. The van der Waals surface area contributed by atoms with Crippen LogP contribution in [0.25, 0.3) is 0 Å². The van der Waals surface area contributed by atoms with Gasteiger partial charge in [0.05, 0.1) is 5.92 Å². The second kappa shape index (κ2) is 6.61. The number of hydrogen-bond acceptors (Lipinski definition) is 8. The SMILES string of the molecule is CC(=O)OC1C2CC3C1OS(=O)(=O)C3C2C(=O)OC(C(C)C)C(F)(F)C(=O)O. The molecule has 0 radical (unpaired) electrons. The average Bonchev–Trinajstić information content (AvgIpc) is 3.13. The summed E-state index contributed by atoms with van der Waals surface area (Å²) in [5.74, 6) is -12.6. The van der Waals surface area contributed by atoms with Crippen LogP contribution in [0.1, 0.15) is 27.2 Å². The molecule has 12 heteroatoms. The van der Waals surface area contributed by atoms with E-state index in [2.05, 4.69) is 0 Å². The van der Waals surface area contributed by atoms with Crippen LogP contribution < -0.4 is 0 Å². The first-order valence-corrected chi connectivity index (χ1v) is 10.2. The summed E-state index contributed by atoms with van der Waals surface area (Å²) in [7, 11) is -4.20. The van der Waals surface area contributed by atoms with Crippen LogP contribution >= 0.6 is 0 Å². The van der Waals surface area contributed by atoms with Gasteiger partial charge in [-0.3, -0.25) is 13.8 Å². The lowest BCUT2D eigenvalue weighted by Gasteiger charge is -2.32. The first-order valence-electron chi connectivity index (χ1n) is 8.70. The van der Waals surface area contributed by atoms with E-state index in [0.29, 0.717) is 0 Å². The zero-order valence-corrected chi connectivity index (χ0v) is 16.0. The Labute approximate surface area is 159 Å². The molecular weight excluding hydrogens is 406 g/mol. The van der Waals surface area contributed by atoms with E-state index in [4.69, 9.17) is 18.8 Å². The Morgan fingerprint density at radius 3 is 2.32 bits per heavy atom. The van der Waals surface area contributed by atoms with Crippen LogP contribution in [0.4, 0.5) is 8.78 Å². The second-order valence-electron chi connectivity index (χ2n) is 7.71. The molecule has 158 valence electrons. The van der Waals surface area contributed by atoms with Gasteiger partial charge in [-0.25, -0.2) is 4.79 Å². The molecule has 2 bridgehead atoms. The van der Waals surface area contributed by atoms with Crippen molar-refractivity contribution in [2.75, 3.05) is 0 Å². The summed E-state index contributed by atoms with van der Waals surface area (Å²) in [4.78, 5) is 35.0. The Balaban J connectivity index is 1.90. The van der Waals surface area contributed by atoms with Gasteiger partial charge in [-0.1, -0.05) is 13.8 Å². The van der Waals surface area contributed by atoms with E-state index in [0.717, 1.165) is 6.92 Å². The Hall–Kier alpha value is -1.82. The van der Waals surface area contributed by atoms with Crippen LogP contribution in [0.3, 0.4) is 0 Å². The van der Waals surface area contributed by atoms with E-state index in [-0.39, 0.29) is 6.42 Å². The standard InChI is InChI=1S/C16H20F2O9S/c1-5(2)13(16(17,18)15(21)22)26-14(20)9-7-4-8-11(10(7)25-6(3)19)27-28(23,24)12(8)9/h5,7-13H,4H2,1-3H3,(H,21,22). The third-order valence-electron chi connectivity index (χ3n) is 5.59. The van der Waals surface area contributed by atoms with Crippen molar-refractivity contribution in [3.05, 3.63) is 0 Å². The van der Waals surface area contributed by atoms with Crippen LogP contribution in [-0.4, -0.2) is 60.9 Å². The molecule has 3 aliphatic rings. The van der Waals surface area contributed by atoms with Crippen molar-refractivity contribution in [2.24, 2.45) is 23.7 Å². The summed E-state index contributed by atoms with van der Waals surface area (Å²) in [5.41, 5.74) is 0. The number of carboxylic acid groups (broad SMARTS) is 1. The van der Waals surface area contributed by atoms with Gasteiger partial charge in [0.2, 0.25) is 0 Å². The minimum atomic E-state index is -4.36. The number of aliphatic carboxylic acids is 1. The summed E-state index contributed by atoms with van der Waals surface area (Å²) in [6, 6.07) is 0. The number of rotatable bonds is 6. The van der Waals surface area contributed by atoms with Crippen molar-refractivity contribution in [1.29, 1.82) is 0 Å². The van der Waals surface area contributed by atoms with Crippen molar-refractivity contribution in [2.45, 2.75) is 56.7 Å². The summed E-state index contributed by atoms with van der Waals surface area (Å²) >= 11 is 0. The van der Waals surface area contributed by atoms with Gasteiger partial charge in [0.25, 0.3) is 10.1 Å². The predicted octanol–water partition coefficient (Wildman–Crippen LogP) is 0.569. The maximum absolute atomic E-state index is 14.0. The average molecular weight is 426 g/mol. The molecule has 0 spiro atoms. The Bertz CT molecular complexity index is 809. The molecule has 0 aromatic carbocycles. The van der Waals surface area contributed by atoms with Gasteiger partial charge in [0.15, 0.2) is 6.10 Å². The third-order valence-corrected chi connectivity index (χ3v) is 7.39. The highest BCUT2D eigenvalue weighted by molar-refractivity contribution is 7.87. The molecule has 9 nitrogen and oxygen atoms in total. The second-order valence-corrected chi connectivity index (χ2v) is 9.43. The van der Waals surface area contributed by atoms with Crippen molar-refractivity contribution < 1.29 is 50.3 Å². The zero-order chi connectivity index (χ0) is 21.2. The summed E-state index contributed by atoms with van der Waals surface area (Å²) < 4.78 is 67.7. The number of halogens is 2. The van der Waals surface area contributed by atoms with Crippen LogP contribution in [0.5, 0.6) is 0 Å². The molecule has 1 saturated heterocycles. The molecule has 28 heavy (non-hydrogen) atoms. The molecule has 7 atom stereocenters. The van der Waals surface area contributed by atoms with Gasteiger partial charge >= 0.3 is 23.8 Å². The molecule has 0 aromatic heterocycles. The lowest BCUT2D eigenvalue weighted by molar-refractivity contribution is -0.203. The topological polar surface area (TPSA) is 133 Å². The molecule has 0 aromatic rings. The normalized spacial score (nSPS) is 36.4. The molecule has 2 aliphatic carbocycles. The van der Waals surface area contributed by atoms with Gasteiger partial charge in [0.1, 0.15) is 17.5 Å². The fraction of sp³-hybridized carbons (Fsp3) is 0.812. The van der Waals surface area contributed by atoms with Gasteiger partial charge < -0.3 is 14.6 Å². The minimum Gasteiger partial charge on any atom is -0.477 e. The molecular formula is C16H20F2O9S. The zero-order valence-electron chi connectivity index (χ0n) is 15.2. The van der Waals surface area contributed by atoms with Gasteiger partial charge in [-0.05, 0) is 12.3 Å². The molecule has 1 aliphatic heterocycles. The van der Waals surface area contributed by atoms with E-state index in [1.807, 2.05) is 0 Å². The van der Waals surface area contributed by atoms with Crippen LogP contribution in [0, 0.1) is 23.7 Å². The Kier molecular flexibility index (Phi) is 4.94. The van der Waals surface area contributed by atoms with Crippen LogP contribution in [0.15, 0.2) is 0 Å². The molecule has 1 heterocycles. The number of carbonyl (C=O) groups is 3. The molecule has 3 rings (SSSR count). The van der Waals surface area contributed by atoms with E-state index >= 15 is 0 Å². The molecule has 2 saturated carbocycles. The van der Waals surface area contributed by atoms with Crippen LogP contribution in [0.2, 0.25) is 0 Å². The number of carbonyl (C=O) groups excluding carboxylic acids is 2. The number of fused-ring (bicyclic) bond motifs is 1. The monoisotopic (exact) mass is 426 g/mol. The summed E-state index contributed by atoms with van der Waals surface area (Å²) in [6.45, 7) is 3.62. The van der Waals surface area contributed by atoms with Crippen molar-refractivity contribution in [3.8, 4) is 0 Å². The first-order chi connectivity index (χ1) is 12.8. The smallest absolute Gasteiger partial charge is 0.378 e. The van der Waals surface area contributed by atoms with Crippen molar-refractivity contribution in [3.63, 3.8) is 0 Å². The fourth-order valence-electron chi connectivity index (χ4n) is 4.60. The highest BCUT2D eigenvalue weighted by Gasteiger charge is 2.72. The summed E-state index contributed by atoms with van der Waals surface area (Å²) in [5, 5.41) is 7.46. The number of esters is 2. The molecule has 3 fully saturated rings. The van der Waals surface area contributed by atoms with Gasteiger partial charge in [0, 0.05) is 18.8 Å². The Morgan fingerprint density at radius 2 is 1.82 bits per heavy atom. The minimum absolute atomic E-state index is 0.188. The number of ether oxygens (including phenoxy) is 2. The van der Waals surface area contributed by atoms with E-state index in [1.165, 1.54) is 13.8 Å². The highest BCUT2D eigenvalue weighted by atomic mass is 32.2. The number of hydrogen-bond donors (Lipinski definition) is 1. The molecule has 7 unspecified atom stereocenters. The maximum Gasteiger partial charge on any atom is 0.378 e. The van der Waals surface area contributed by atoms with Crippen LogP contribution in [-0.2, 0) is 38.2 Å². The lowest BCUT2D eigenvalue weighted by Crippen LogP contribution is -2.51. The van der Waals surface area contributed by atoms with Crippen molar-refractivity contribution >= 4 is 28.0 Å². The highest BCUT2D eigenvalue weighted by Crippen LogP contribution is 2.58.